The number of ether oxygens (including phenoxy) is 1. The van der Waals surface area contributed by atoms with Gasteiger partial charge in [-0.3, -0.25) is 5.11 Å². The summed E-state index contributed by atoms with van der Waals surface area (Å²) in [7, 11) is 0. The summed E-state index contributed by atoms with van der Waals surface area (Å²) >= 11 is 0. The van der Waals surface area contributed by atoms with Crippen LogP contribution in [0.15, 0.2) is 24.3 Å². The zero-order valence-corrected chi connectivity index (χ0v) is 6.70. The Hall–Kier alpha value is -1.18. The Bertz CT molecular complexity index is 214. The van der Waals surface area contributed by atoms with Crippen molar-refractivity contribution >= 4 is 0 Å². The van der Waals surface area contributed by atoms with Gasteiger partial charge in [0.2, 0.25) is 0 Å². The lowest BCUT2D eigenvalue weighted by molar-refractivity contribution is 0.241. The van der Waals surface area contributed by atoms with Crippen molar-refractivity contribution in [2.24, 2.45) is 0 Å². The second kappa shape index (κ2) is 3.28. The van der Waals surface area contributed by atoms with Gasteiger partial charge < -0.3 is 4.74 Å². The summed E-state index contributed by atoms with van der Waals surface area (Å²) in [6.45, 7) is 3.90. The van der Waals surface area contributed by atoms with E-state index < -0.39 is 0 Å². The highest BCUT2D eigenvalue weighted by Gasteiger charge is 1.96. The summed E-state index contributed by atoms with van der Waals surface area (Å²) in [5.41, 5.74) is 0. The van der Waals surface area contributed by atoms with Gasteiger partial charge in [0.25, 0.3) is 0 Å². The zero-order valence-electron chi connectivity index (χ0n) is 6.70. The minimum atomic E-state index is 0.0149. The van der Waals surface area contributed by atoms with E-state index in [2.05, 4.69) is 0 Å². The second-order valence-electron chi connectivity index (χ2n) is 2.64. The molecule has 0 spiro atoms. The number of hydrogen-bond donors (Lipinski definition) is 0. The molecule has 11 heavy (non-hydrogen) atoms. The molecule has 0 aliphatic carbocycles. The van der Waals surface area contributed by atoms with Crippen LogP contribution in [0.1, 0.15) is 13.8 Å². The first-order valence-electron chi connectivity index (χ1n) is 3.62. The molecule has 0 atom stereocenters. The molecular weight excluding hydrogens is 140 g/mol. The maximum absolute atomic E-state index is 10.7. The third-order valence-electron chi connectivity index (χ3n) is 1.20. The van der Waals surface area contributed by atoms with Crippen LogP contribution in [0.3, 0.4) is 0 Å². The third kappa shape index (κ3) is 2.50. The van der Waals surface area contributed by atoms with Crippen LogP contribution in [0.25, 0.3) is 0 Å². The van der Waals surface area contributed by atoms with Gasteiger partial charge >= 0.3 is 0 Å². The highest BCUT2D eigenvalue weighted by Crippen LogP contribution is 2.17. The minimum Gasteiger partial charge on any atom is -0.491 e. The van der Waals surface area contributed by atoms with Gasteiger partial charge in [-0.05, 0) is 38.1 Å². The molecule has 0 aliphatic rings. The van der Waals surface area contributed by atoms with E-state index in [0.717, 1.165) is 5.75 Å². The van der Waals surface area contributed by atoms with Crippen LogP contribution in [0, 0.1) is 0 Å². The highest BCUT2D eigenvalue weighted by atomic mass is 16.5. The van der Waals surface area contributed by atoms with Crippen molar-refractivity contribution < 1.29 is 9.84 Å². The Kier molecular flexibility index (Phi) is 2.36. The fourth-order valence-electron chi connectivity index (χ4n) is 0.790. The second-order valence-corrected chi connectivity index (χ2v) is 2.64. The van der Waals surface area contributed by atoms with Gasteiger partial charge in [-0.25, -0.2) is 0 Å². The standard InChI is InChI=1S/C9H11O2/c1-7(2)11-9-5-3-8(10)4-6-9/h3-7H,1-2H3. The van der Waals surface area contributed by atoms with E-state index in [4.69, 9.17) is 4.74 Å². The molecule has 1 aromatic rings. The van der Waals surface area contributed by atoms with Crippen molar-refractivity contribution in [3.05, 3.63) is 24.3 Å². The maximum atomic E-state index is 10.7. The topological polar surface area (TPSA) is 29.1 Å². The van der Waals surface area contributed by atoms with Crippen LogP contribution in [0.5, 0.6) is 11.5 Å². The predicted octanol–water partition coefficient (Wildman–Crippen LogP) is 2.62. The average Bonchev–Trinajstić information content (AvgIpc) is 1.93. The monoisotopic (exact) mass is 151 g/mol. The van der Waals surface area contributed by atoms with E-state index >= 15 is 0 Å². The fourth-order valence-corrected chi connectivity index (χ4v) is 0.790. The summed E-state index contributed by atoms with van der Waals surface area (Å²) < 4.78 is 5.33. The molecule has 1 aromatic carbocycles. The molecule has 2 nitrogen and oxygen atoms in total. The molecule has 0 amide bonds. The van der Waals surface area contributed by atoms with Gasteiger partial charge in [-0.2, -0.15) is 0 Å². The Morgan fingerprint density at radius 3 is 2.18 bits per heavy atom. The van der Waals surface area contributed by atoms with Crippen molar-refractivity contribution in [1.29, 1.82) is 0 Å². The molecule has 0 unspecified atom stereocenters. The molecule has 0 heterocycles. The van der Waals surface area contributed by atoms with Crippen molar-refractivity contribution in [2.75, 3.05) is 0 Å². The highest BCUT2D eigenvalue weighted by molar-refractivity contribution is 5.29. The van der Waals surface area contributed by atoms with Crippen molar-refractivity contribution in [1.82, 2.24) is 0 Å². The fraction of sp³-hybridized carbons (Fsp3) is 0.333. The molecule has 2 heteroatoms. The van der Waals surface area contributed by atoms with Gasteiger partial charge in [0.15, 0.2) is 5.75 Å². The van der Waals surface area contributed by atoms with Crippen molar-refractivity contribution in [2.45, 2.75) is 20.0 Å². The van der Waals surface area contributed by atoms with E-state index in [1.165, 1.54) is 12.1 Å². The van der Waals surface area contributed by atoms with Crippen LogP contribution in [0.4, 0.5) is 0 Å². The SMILES string of the molecule is CC(C)Oc1ccc([O])cc1. The zero-order chi connectivity index (χ0) is 8.27. The summed E-state index contributed by atoms with van der Waals surface area (Å²) in [5, 5.41) is 10.7. The van der Waals surface area contributed by atoms with Crippen LogP contribution in [-0.4, -0.2) is 6.10 Å². The molecule has 59 valence electrons. The van der Waals surface area contributed by atoms with Crippen LogP contribution >= 0.6 is 0 Å². The summed E-state index contributed by atoms with van der Waals surface area (Å²) in [6, 6.07) is 6.36. The summed E-state index contributed by atoms with van der Waals surface area (Å²) in [4.78, 5) is 0. The normalized spacial score (nSPS) is 10.1. The first-order chi connectivity index (χ1) is 5.18. The molecule has 0 aliphatic heterocycles. The number of rotatable bonds is 2. The Morgan fingerprint density at radius 2 is 1.73 bits per heavy atom. The molecule has 0 fully saturated rings. The number of hydrogen-bond acceptors (Lipinski definition) is 1. The third-order valence-corrected chi connectivity index (χ3v) is 1.20. The van der Waals surface area contributed by atoms with Crippen molar-refractivity contribution in [3.63, 3.8) is 0 Å². The Labute approximate surface area is 66.4 Å². The van der Waals surface area contributed by atoms with E-state index in [1.54, 1.807) is 12.1 Å². The lowest BCUT2D eigenvalue weighted by Gasteiger charge is -2.08. The van der Waals surface area contributed by atoms with Crippen LogP contribution in [0.2, 0.25) is 0 Å². The summed E-state index contributed by atoms with van der Waals surface area (Å²) in [5.74, 6) is 0.765. The molecule has 1 rings (SSSR count). The average molecular weight is 151 g/mol. The van der Waals surface area contributed by atoms with Crippen LogP contribution in [-0.2, 0) is 5.11 Å². The minimum absolute atomic E-state index is 0.0149. The first-order valence-corrected chi connectivity index (χ1v) is 3.62. The lowest BCUT2D eigenvalue weighted by Crippen LogP contribution is -2.04. The van der Waals surface area contributed by atoms with Gasteiger partial charge in [0.1, 0.15) is 5.75 Å². The lowest BCUT2D eigenvalue weighted by atomic mass is 10.3. The van der Waals surface area contributed by atoms with E-state index in [9.17, 15) is 5.11 Å². The van der Waals surface area contributed by atoms with Crippen molar-refractivity contribution in [3.8, 4) is 11.5 Å². The Balaban J connectivity index is 2.66. The smallest absolute Gasteiger partial charge is 0.178 e. The summed E-state index contributed by atoms with van der Waals surface area (Å²) in [6.07, 6.45) is 0.160. The van der Waals surface area contributed by atoms with Gasteiger partial charge in [0, 0.05) is 0 Å². The molecular formula is C9H11O2. The largest absolute Gasteiger partial charge is 0.491 e. The first kappa shape index (κ1) is 7.92. The molecule has 1 radical (unpaired) electrons. The predicted molar refractivity (Wildman–Crippen MR) is 42.3 cm³/mol. The van der Waals surface area contributed by atoms with Crippen LogP contribution < -0.4 is 4.74 Å². The quantitative estimate of drug-likeness (QED) is 0.638. The van der Waals surface area contributed by atoms with E-state index in [0.29, 0.717) is 0 Å². The molecule has 0 aromatic heterocycles. The van der Waals surface area contributed by atoms with E-state index in [1.807, 2.05) is 13.8 Å². The van der Waals surface area contributed by atoms with Gasteiger partial charge in [-0.15, -0.1) is 0 Å². The number of benzene rings is 1. The molecule has 0 N–H and O–H groups in total. The van der Waals surface area contributed by atoms with E-state index in [-0.39, 0.29) is 11.9 Å². The molecule has 0 saturated carbocycles. The molecule has 0 saturated heterocycles. The molecule has 0 bridgehead atoms. The maximum Gasteiger partial charge on any atom is 0.178 e. The van der Waals surface area contributed by atoms with Gasteiger partial charge in [0.05, 0.1) is 6.10 Å². The van der Waals surface area contributed by atoms with Gasteiger partial charge in [-0.1, -0.05) is 0 Å². The Morgan fingerprint density at radius 1 is 1.18 bits per heavy atom.